The van der Waals surface area contributed by atoms with Crippen LogP contribution in [0.15, 0.2) is 35.7 Å². The number of amides is 1. The molecular formula is C18H18N2O3S. The zero-order chi connectivity index (χ0) is 16.7. The lowest BCUT2D eigenvalue weighted by molar-refractivity contribution is -0.142. The van der Waals surface area contributed by atoms with Crippen molar-refractivity contribution >= 4 is 23.2 Å². The highest BCUT2D eigenvalue weighted by Gasteiger charge is 2.47. The SMILES string of the molecule is O=C(O)[C@H]1CN(C(=O)c2csc(-c3ccccc3)n2)C[C@@H]1C1CC1. The van der Waals surface area contributed by atoms with Gasteiger partial charge < -0.3 is 10.0 Å². The highest BCUT2D eigenvalue weighted by Crippen LogP contribution is 2.44. The first-order valence-electron chi connectivity index (χ1n) is 8.16. The van der Waals surface area contributed by atoms with E-state index in [0.29, 0.717) is 24.7 Å². The Morgan fingerprint density at radius 3 is 2.58 bits per heavy atom. The predicted molar refractivity (Wildman–Crippen MR) is 90.8 cm³/mol. The van der Waals surface area contributed by atoms with E-state index in [0.717, 1.165) is 23.4 Å². The molecule has 1 saturated heterocycles. The summed E-state index contributed by atoms with van der Waals surface area (Å²) in [5.74, 6) is -0.806. The fourth-order valence-corrected chi connectivity index (χ4v) is 4.31. The first-order valence-corrected chi connectivity index (χ1v) is 9.04. The van der Waals surface area contributed by atoms with Gasteiger partial charge in [0.15, 0.2) is 0 Å². The highest BCUT2D eigenvalue weighted by molar-refractivity contribution is 7.13. The van der Waals surface area contributed by atoms with Gasteiger partial charge in [0, 0.05) is 24.0 Å². The minimum absolute atomic E-state index is 0.0960. The number of nitrogens with zero attached hydrogens (tertiary/aromatic N) is 2. The summed E-state index contributed by atoms with van der Waals surface area (Å²) in [7, 11) is 0. The standard InChI is InChI=1S/C18H18N2O3S/c21-17(15-10-24-16(19-15)12-4-2-1-3-5-12)20-8-13(11-6-7-11)14(9-20)18(22)23/h1-5,10-11,13-14H,6-9H2,(H,22,23)/t13-,14+/m1/s1. The Kier molecular flexibility index (Phi) is 3.84. The number of thiazole rings is 1. The smallest absolute Gasteiger partial charge is 0.308 e. The second-order valence-corrected chi connectivity index (χ2v) is 7.42. The minimum Gasteiger partial charge on any atom is -0.481 e. The number of carboxylic acids is 1. The summed E-state index contributed by atoms with van der Waals surface area (Å²) in [5, 5.41) is 12.0. The average Bonchev–Trinajstić information content (AvgIpc) is 3.15. The van der Waals surface area contributed by atoms with Crippen molar-refractivity contribution in [2.24, 2.45) is 17.8 Å². The van der Waals surface area contributed by atoms with Gasteiger partial charge in [0.05, 0.1) is 5.92 Å². The lowest BCUT2D eigenvalue weighted by atomic mass is 9.92. The van der Waals surface area contributed by atoms with Crippen LogP contribution in [-0.4, -0.2) is 40.0 Å². The van der Waals surface area contributed by atoms with Crippen molar-refractivity contribution in [1.29, 1.82) is 0 Å². The number of aromatic nitrogens is 1. The fraction of sp³-hybridized carbons (Fsp3) is 0.389. The van der Waals surface area contributed by atoms with E-state index in [2.05, 4.69) is 4.98 Å². The van der Waals surface area contributed by atoms with Crippen molar-refractivity contribution in [3.05, 3.63) is 41.4 Å². The van der Waals surface area contributed by atoms with Crippen molar-refractivity contribution < 1.29 is 14.7 Å². The van der Waals surface area contributed by atoms with Crippen LogP contribution in [0, 0.1) is 17.8 Å². The lowest BCUT2D eigenvalue weighted by Crippen LogP contribution is -2.30. The third kappa shape index (κ3) is 2.82. The third-order valence-corrected chi connectivity index (χ3v) is 5.83. The summed E-state index contributed by atoms with van der Waals surface area (Å²) in [4.78, 5) is 30.3. The van der Waals surface area contributed by atoms with Crippen molar-refractivity contribution in [3.63, 3.8) is 0 Å². The zero-order valence-corrected chi connectivity index (χ0v) is 13.9. The molecule has 2 heterocycles. The molecule has 6 heteroatoms. The Morgan fingerprint density at radius 2 is 1.92 bits per heavy atom. The molecule has 0 unspecified atom stereocenters. The maximum atomic E-state index is 12.7. The Balaban J connectivity index is 1.52. The average molecular weight is 342 g/mol. The molecule has 1 amide bonds. The molecule has 1 aromatic carbocycles. The molecule has 2 aliphatic rings. The number of benzene rings is 1. The van der Waals surface area contributed by atoms with Crippen molar-refractivity contribution in [1.82, 2.24) is 9.88 Å². The molecule has 0 spiro atoms. The van der Waals surface area contributed by atoms with Gasteiger partial charge in [-0.25, -0.2) is 4.98 Å². The van der Waals surface area contributed by atoms with Gasteiger partial charge in [0.25, 0.3) is 5.91 Å². The van der Waals surface area contributed by atoms with Crippen LogP contribution in [0.2, 0.25) is 0 Å². The molecule has 24 heavy (non-hydrogen) atoms. The molecule has 1 saturated carbocycles. The topological polar surface area (TPSA) is 70.5 Å². The molecule has 1 N–H and O–H groups in total. The molecule has 4 rings (SSSR count). The molecule has 0 bridgehead atoms. The number of carbonyl (C=O) groups excluding carboxylic acids is 1. The molecule has 2 atom stereocenters. The van der Waals surface area contributed by atoms with Crippen molar-refractivity contribution in [3.8, 4) is 10.6 Å². The van der Waals surface area contributed by atoms with Gasteiger partial charge in [-0.3, -0.25) is 9.59 Å². The number of rotatable bonds is 4. The molecule has 1 aliphatic carbocycles. The maximum absolute atomic E-state index is 12.7. The van der Waals surface area contributed by atoms with Crippen LogP contribution in [0.1, 0.15) is 23.3 Å². The Labute approximate surface area is 143 Å². The molecule has 1 aromatic heterocycles. The number of carboxylic acid groups (broad SMARTS) is 1. The van der Waals surface area contributed by atoms with Crippen LogP contribution < -0.4 is 0 Å². The van der Waals surface area contributed by atoms with Crippen LogP contribution in [-0.2, 0) is 4.79 Å². The minimum atomic E-state index is -0.787. The number of aliphatic carboxylic acids is 1. The summed E-state index contributed by atoms with van der Waals surface area (Å²) in [5.41, 5.74) is 1.40. The van der Waals surface area contributed by atoms with E-state index in [-0.39, 0.29) is 11.8 Å². The second-order valence-electron chi connectivity index (χ2n) is 6.56. The molecule has 1 aliphatic heterocycles. The second kappa shape index (κ2) is 6.02. The summed E-state index contributed by atoms with van der Waals surface area (Å²) in [6.07, 6.45) is 2.18. The van der Waals surface area contributed by atoms with Gasteiger partial charge in [0.1, 0.15) is 10.7 Å². The zero-order valence-electron chi connectivity index (χ0n) is 13.1. The normalized spacial score (nSPS) is 23.4. The Hall–Kier alpha value is -2.21. The van der Waals surface area contributed by atoms with Crippen LogP contribution >= 0.6 is 11.3 Å². The van der Waals surface area contributed by atoms with Gasteiger partial charge in [-0.15, -0.1) is 11.3 Å². The first kappa shape index (κ1) is 15.3. The summed E-state index contributed by atoms with van der Waals surface area (Å²) < 4.78 is 0. The monoisotopic (exact) mass is 342 g/mol. The van der Waals surface area contributed by atoms with Crippen LogP contribution in [0.25, 0.3) is 10.6 Å². The number of likely N-dealkylation sites (tertiary alicyclic amines) is 1. The van der Waals surface area contributed by atoms with E-state index in [9.17, 15) is 14.7 Å². The predicted octanol–water partition coefficient (Wildman–Crippen LogP) is 2.99. The van der Waals surface area contributed by atoms with Crippen LogP contribution in [0.5, 0.6) is 0 Å². The van der Waals surface area contributed by atoms with Gasteiger partial charge in [0.2, 0.25) is 0 Å². The highest BCUT2D eigenvalue weighted by atomic mass is 32.1. The summed E-state index contributed by atoms with van der Waals surface area (Å²) in [6, 6.07) is 9.75. The molecule has 0 radical (unpaired) electrons. The van der Waals surface area contributed by atoms with Gasteiger partial charge in [-0.05, 0) is 24.7 Å². The maximum Gasteiger partial charge on any atom is 0.308 e. The quantitative estimate of drug-likeness (QED) is 0.927. The van der Waals surface area contributed by atoms with Crippen LogP contribution in [0.4, 0.5) is 0 Å². The largest absolute Gasteiger partial charge is 0.481 e. The van der Waals surface area contributed by atoms with E-state index in [1.807, 2.05) is 30.3 Å². The molecule has 124 valence electrons. The molecular weight excluding hydrogens is 324 g/mol. The molecule has 2 fully saturated rings. The van der Waals surface area contributed by atoms with E-state index in [1.165, 1.54) is 11.3 Å². The molecule has 2 aromatic rings. The number of hydrogen-bond donors (Lipinski definition) is 1. The van der Waals surface area contributed by atoms with Gasteiger partial charge in [-0.1, -0.05) is 30.3 Å². The van der Waals surface area contributed by atoms with E-state index >= 15 is 0 Å². The van der Waals surface area contributed by atoms with Crippen molar-refractivity contribution in [2.75, 3.05) is 13.1 Å². The fourth-order valence-electron chi connectivity index (χ4n) is 3.51. The molecule has 5 nitrogen and oxygen atoms in total. The lowest BCUT2D eigenvalue weighted by Gasteiger charge is -2.14. The Morgan fingerprint density at radius 1 is 1.17 bits per heavy atom. The summed E-state index contributed by atoms with van der Waals surface area (Å²) >= 11 is 1.44. The van der Waals surface area contributed by atoms with Crippen LogP contribution in [0.3, 0.4) is 0 Å². The number of carbonyl (C=O) groups is 2. The first-order chi connectivity index (χ1) is 11.6. The third-order valence-electron chi connectivity index (χ3n) is 4.94. The van der Waals surface area contributed by atoms with Crippen molar-refractivity contribution in [2.45, 2.75) is 12.8 Å². The van der Waals surface area contributed by atoms with E-state index in [4.69, 9.17) is 0 Å². The van der Waals surface area contributed by atoms with Gasteiger partial charge in [-0.2, -0.15) is 0 Å². The Bertz CT molecular complexity index is 770. The van der Waals surface area contributed by atoms with E-state index in [1.54, 1.807) is 10.3 Å². The number of hydrogen-bond acceptors (Lipinski definition) is 4. The summed E-state index contributed by atoms with van der Waals surface area (Å²) in [6.45, 7) is 0.839. The van der Waals surface area contributed by atoms with E-state index < -0.39 is 11.9 Å². The van der Waals surface area contributed by atoms with Gasteiger partial charge >= 0.3 is 5.97 Å².